The van der Waals surface area contributed by atoms with Crippen LogP contribution in [-0.2, 0) is 19.0 Å². The minimum Gasteiger partial charge on any atom is -0.311 e. The summed E-state index contributed by atoms with van der Waals surface area (Å²) < 4.78 is 38.9. The number of alkyl halides is 3. The van der Waals surface area contributed by atoms with Gasteiger partial charge in [0.05, 0.1) is 16.1 Å². The van der Waals surface area contributed by atoms with Crippen LogP contribution in [0, 0.1) is 0 Å². The van der Waals surface area contributed by atoms with Crippen molar-refractivity contribution >= 4 is 34.1 Å². The maximum atomic E-state index is 13.0. The lowest BCUT2D eigenvalue weighted by Gasteiger charge is -2.19. The fourth-order valence-corrected chi connectivity index (χ4v) is 3.90. The Balaban J connectivity index is 1.70. The van der Waals surface area contributed by atoms with Gasteiger partial charge in [0.2, 0.25) is 0 Å². The van der Waals surface area contributed by atoms with E-state index in [0.29, 0.717) is 16.1 Å². The van der Waals surface area contributed by atoms with Crippen molar-refractivity contribution in [2.24, 2.45) is 0 Å². The van der Waals surface area contributed by atoms with Crippen LogP contribution in [0.4, 0.5) is 18.9 Å². The molecule has 0 fully saturated rings. The van der Waals surface area contributed by atoms with Gasteiger partial charge < -0.3 is 4.90 Å². The molecule has 0 radical (unpaired) electrons. The van der Waals surface area contributed by atoms with Crippen LogP contribution in [0.15, 0.2) is 42.5 Å². The molecule has 1 heterocycles. The number of nitrogens with zero attached hydrogens (tertiary/aromatic N) is 2. The van der Waals surface area contributed by atoms with Gasteiger partial charge in [-0.15, -0.1) is 0 Å². The zero-order valence-corrected chi connectivity index (χ0v) is 15.7. The molecule has 1 amide bonds. The van der Waals surface area contributed by atoms with Gasteiger partial charge in [-0.05, 0) is 55.2 Å². The van der Waals surface area contributed by atoms with Crippen LogP contribution in [0.2, 0.25) is 5.02 Å². The van der Waals surface area contributed by atoms with Gasteiger partial charge in [0.25, 0.3) is 5.91 Å². The van der Waals surface area contributed by atoms with Gasteiger partial charge in [-0.3, -0.25) is 9.78 Å². The SMILES string of the molecule is CN(C(=O)c1ccc2c(Cl)c3c(nc2c1)CCC3)c1cccc(C(F)(F)F)c1. The number of rotatable bonds is 2. The Morgan fingerprint density at radius 2 is 1.93 bits per heavy atom. The lowest BCUT2D eigenvalue weighted by atomic mass is 10.1. The molecule has 1 aromatic heterocycles. The molecule has 0 aliphatic heterocycles. The Labute approximate surface area is 164 Å². The number of hydrogen-bond acceptors (Lipinski definition) is 2. The van der Waals surface area contributed by atoms with Crippen molar-refractivity contribution in [3.63, 3.8) is 0 Å². The number of benzene rings is 2. The third-order valence-electron chi connectivity index (χ3n) is 5.06. The summed E-state index contributed by atoms with van der Waals surface area (Å²) in [4.78, 5) is 18.7. The molecule has 144 valence electrons. The van der Waals surface area contributed by atoms with Crippen molar-refractivity contribution in [2.75, 3.05) is 11.9 Å². The van der Waals surface area contributed by atoms with Gasteiger partial charge in [-0.25, -0.2) is 0 Å². The molecule has 4 rings (SSSR count). The first kappa shape index (κ1) is 18.7. The number of fused-ring (bicyclic) bond motifs is 2. The number of carbonyl (C=O) groups is 1. The van der Waals surface area contributed by atoms with Crippen LogP contribution < -0.4 is 4.90 Å². The van der Waals surface area contributed by atoms with Crippen LogP contribution in [0.1, 0.15) is 33.6 Å². The minimum absolute atomic E-state index is 0.167. The molecule has 0 unspecified atom stereocenters. The zero-order valence-electron chi connectivity index (χ0n) is 15.0. The smallest absolute Gasteiger partial charge is 0.311 e. The molecule has 0 bridgehead atoms. The monoisotopic (exact) mass is 404 g/mol. The second kappa shape index (κ2) is 6.78. The summed E-state index contributed by atoms with van der Waals surface area (Å²) in [7, 11) is 1.45. The number of carbonyl (C=O) groups excluding carboxylic acids is 1. The Kier molecular flexibility index (Phi) is 4.54. The molecule has 28 heavy (non-hydrogen) atoms. The summed E-state index contributed by atoms with van der Waals surface area (Å²) in [6.45, 7) is 0. The average Bonchev–Trinajstić information content (AvgIpc) is 3.15. The van der Waals surface area contributed by atoms with E-state index < -0.39 is 17.6 Å². The molecule has 0 N–H and O–H groups in total. The van der Waals surface area contributed by atoms with Crippen molar-refractivity contribution in [1.29, 1.82) is 0 Å². The first-order valence-corrected chi connectivity index (χ1v) is 9.20. The number of hydrogen-bond donors (Lipinski definition) is 0. The largest absolute Gasteiger partial charge is 0.416 e. The molecule has 0 atom stereocenters. The van der Waals surface area contributed by atoms with E-state index in [4.69, 9.17) is 11.6 Å². The van der Waals surface area contributed by atoms with E-state index in [9.17, 15) is 18.0 Å². The normalized spacial score (nSPS) is 13.6. The first-order chi connectivity index (χ1) is 13.3. The van der Waals surface area contributed by atoms with Crippen molar-refractivity contribution in [3.8, 4) is 0 Å². The number of halogens is 4. The highest BCUT2D eigenvalue weighted by atomic mass is 35.5. The highest BCUT2D eigenvalue weighted by Gasteiger charge is 2.31. The fraction of sp³-hybridized carbons (Fsp3) is 0.238. The van der Waals surface area contributed by atoms with Crippen LogP contribution in [-0.4, -0.2) is 17.9 Å². The second-order valence-corrected chi connectivity index (χ2v) is 7.23. The van der Waals surface area contributed by atoms with E-state index in [1.54, 1.807) is 18.2 Å². The Morgan fingerprint density at radius 1 is 1.14 bits per heavy atom. The number of aromatic nitrogens is 1. The van der Waals surface area contributed by atoms with Gasteiger partial charge in [0, 0.05) is 29.4 Å². The van der Waals surface area contributed by atoms with Gasteiger partial charge in [0.15, 0.2) is 0 Å². The van der Waals surface area contributed by atoms with E-state index in [1.165, 1.54) is 24.1 Å². The minimum atomic E-state index is -4.47. The predicted molar refractivity (Wildman–Crippen MR) is 103 cm³/mol. The summed E-state index contributed by atoms with van der Waals surface area (Å²) >= 11 is 6.50. The molecule has 0 saturated carbocycles. The average molecular weight is 405 g/mol. The molecule has 0 saturated heterocycles. The third-order valence-corrected chi connectivity index (χ3v) is 5.49. The van der Waals surface area contributed by atoms with Crippen LogP contribution >= 0.6 is 11.6 Å². The maximum Gasteiger partial charge on any atom is 0.416 e. The Bertz CT molecular complexity index is 1090. The van der Waals surface area contributed by atoms with Crippen molar-refractivity contribution < 1.29 is 18.0 Å². The molecular weight excluding hydrogens is 389 g/mol. The summed E-state index contributed by atoms with van der Waals surface area (Å²) in [5, 5.41) is 1.45. The van der Waals surface area contributed by atoms with E-state index in [1.807, 2.05) is 0 Å². The summed E-state index contributed by atoms with van der Waals surface area (Å²) in [6, 6.07) is 9.71. The van der Waals surface area contributed by atoms with Crippen LogP contribution in [0.3, 0.4) is 0 Å². The quantitative estimate of drug-likeness (QED) is 0.551. The van der Waals surface area contributed by atoms with Crippen LogP contribution in [0.5, 0.6) is 0 Å². The topological polar surface area (TPSA) is 33.2 Å². The number of amides is 1. The molecule has 1 aliphatic rings. The predicted octanol–water partition coefficient (Wildman–Crippen LogP) is 5.67. The second-order valence-electron chi connectivity index (χ2n) is 6.85. The van der Waals surface area contributed by atoms with E-state index >= 15 is 0 Å². The fourth-order valence-electron chi connectivity index (χ4n) is 3.54. The molecule has 0 spiro atoms. The Morgan fingerprint density at radius 3 is 2.68 bits per heavy atom. The molecule has 1 aliphatic carbocycles. The maximum absolute atomic E-state index is 13.0. The molecule has 2 aromatic carbocycles. The van der Waals surface area contributed by atoms with E-state index in [2.05, 4.69) is 4.98 Å². The van der Waals surface area contributed by atoms with Crippen molar-refractivity contribution in [1.82, 2.24) is 4.98 Å². The molecule has 3 aromatic rings. The number of aryl methyl sites for hydroxylation is 1. The van der Waals surface area contributed by atoms with Crippen LogP contribution in [0.25, 0.3) is 10.9 Å². The van der Waals surface area contributed by atoms with Gasteiger partial charge in [-0.1, -0.05) is 23.7 Å². The number of anilines is 1. The lowest BCUT2D eigenvalue weighted by Crippen LogP contribution is -2.26. The summed E-state index contributed by atoms with van der Waals surface area (Å²) in [5.41, 5.74) is 2.34. The van der Waals surface area contributed by atoms with E-state index in [0.717, 1.165) is 48.0 Å². The molecule has 3 nitrogen and oxygen atoms in total. The molecule has 7 heteroatoms. The summed E-state index contributed by atoms with van der Waals surface area (Å²) in [5.74, 6) is -0.417. The molecular formula is C21H16ClF3N2O. The van der Waals surface area contributed by atoms with Gasteiger partial charge >= 0.3 is 6.18 Å². The van der Waals surface area contributed by atoms with Gasteiger partial charge in [-0.2, -0.15) is 13.2 Å². The zero-order chi connectivity index (χ0) is 20.1. The first-order valence-electron chi connectivity index (χ1n) is 8.82. The summed E-state index contributed by atoms with van der Waals surface area (Å²) in [6.07, 6.45) is -1.71. The Hall–Kier alpha value is -2.60. The van der Waals surface area contributed by atoms with Crippen molar-refractivity contribution in [2.45, 2.75) is 25.4 Å². The lowest BCUT2D eigenvalue weighted by molar-refractivity contribution is -0.137. The van der Waals surface area contributed by atoms with Gasteiger partial charge in [0.1, 0.15) is 0 Å². The number of pyridine rings is 1. The van der Waals surface area contributed by atoms with Crippen molar-refractivity contribution in [3.05, 3.63) is 69.9 Å². The highest BCUT2D eigenvalue weighted by Crippen LogP contribution is 2.34. The van der Waals surface area contributed by atoms with E-state index in [-0.39, 0.29) is 5.69 Å². The standard InChI is InChI=1S/C21H16ClF3N2O/c1-27(14-5-2-4-13(11-14)21(23,24)25)20(28)12-8-9-16-18(10-12)26-17-7-3-6-15(17)19(16)22/h2,4-5,8-11H,3,6-7H2,1H3. The third kappa shape index (κ3) is 3.22. The highest BCUT2D eigenvalue weighted by molar-refractivity contribution is 6.36.